The molecule has 0 fully saturated rings. The zero-order chi connectivity index (χ0) is 22.1. The summed E-state index contributed by atoms with van der Waals surface area (Å²) >= 11 is 3.18. The second-order valence-electron chi connectivity index (χ2n) is 6.68. The van der Waals surface area contributed by atoms with Crippen molar-refractivity contribution in [1.82, 2.24) is 19.7 Å². The van der Waals surface area contributed by atoms with Crippen LogP contribution in [0.5, 0.6) is 0 Å². The minimum Gasteiger partial charge on any atom is -0.463 e. The van der Waals surface area contributed by atoms with E-state index in [2.05, 4.69) is 36.3 Å². The number of amides is 1. The number of anilines is 1. The van der Waals surface area contributed by atoms with Crippen LogP contribution in [0.15, 0.2) is 91.3 Å². The number of halogens is 1. The highest BCUT2D eigenvalue weighted by Gasteiger charge is 2.19. The standard InChI is InChI=1S/C22H14BrN5O4/c23-18-9-8-17(32-18)21(30)25-19-11-15(16-7-4-10-31-16)27-28(19)22-24-14(12-20(29)26-22)13-5-2-1-3-6-13/h1-12H,(H,25,30)(H,24,26,29). The Morgan fingerprint density at radius 3 is 2.59 bits per heavy atom. The van der Waals surface area contributed by atoms with E-state index in [9.17, 15) is 9.59 Å². The summed E-state index contributed by atoms with van der Waals surface area (Å²) in [6.45, 7) is 0. The van der Waals surface area contributed by atoms with Gasteiger partial charge >= 0.3 is 0 Å². The lowest BCUT2D eigenvalue weighted by Gasteiger charge is -2.08. The van der Waals surface area contributed by atoms with Crippen LogP contribution in [0.25, 0.3) is 28.7 Å². The predicted octanol–water partition coefficient (Wildman–Crippen LogP) is 4.49. The third kappa shape index (κ3) is 3.91. The van der Waals surface area contributed by atoms with Crippen LogP contribution >= 0.6 is 15.9 Å². The molecule has 10 heteroatoms. The van der Waals surface area contributed by atoms with Crippen molar-refractivity contribution in [3.8, 4) is 28.7 Å². The molecule has 0 aliphatic rings. The Morgan fingerprint density at radius 1 is 1.03 bits per heavy atom. The van der Waals surface area contributed by atoms with Gasteiger partial charge in [-0.05, 0) is 40.2 Å². The Hall–Kier alpha value is -4.18. The average molecular weight is 492 g/mol. The topological polar surface area (TPSA) is 119 Å². The summed E-state index contributed by atoms with van der Waals surface area (Å²) in [6, 6.07) is 18.9. The molecule has 1 aromatic carbocycles. The number of furan rings is 2. The van der Waals surface area contributed by atoms with Crippen LogP contribution in [0.4, 0.5) is 5.82 Å². The van der Waals surface area contributed by atoms with Gasteiger partial charge < -0.3 is 14.2 Å². The van der Waals surface area contributed by atoms with Crippen LogP contribution in [0.1, 0.15) is 10.6 Å². The van der Waals surface area contributed by atoms with Crippen molar-refractivity contribution in [3.05, 3.63) is 93.8 Å². The van der Waals surface area contributed by atoms with E-state index in [-0.39, 0.29) is 23.1 Å². The number of hydrogen-bond donors (Lipinski definition) is 2. The molecule has 4 heterocycles. The number of aromatic amines is 1. The molecule has 32 heavy (non-hydrogen) atoms. The maximum absolute atomic E-state index is 12.7. The van der Waals surface area contributed by atoms with Gasteiger partial charge in [0.05, 0.1) is 12.0 Å². The molecule has 0 aliphatic carbocycles. The lowest BCUT2D eigenvalue weighted by Crippen LogP contribution is -2.18. The van der Waals surface area contributed by atoms with Crippen LogP contribution in [-0.4, -0.2) is 25.7 Å². The minimum absolute atomic E-state index is 0.101. The molecule has 1 amide bonds. The number of carbonyl (C=O) groups is 1. The molecule has 2 N–H and O–H groups in total. The van der Waals surface area contributed by atoms with E-state index in [0.717, 1.165) is 5.56 Å². The van der Waals surface area contributed by atoms with E-state index in [1.807, 2.05) is 30.3 Å². The quantitative estimate of drug-likeness (QED) is 0.373. The molecule has 4 aromatic heterocycles. The van der Waals surface area contributed by atoms with Crippen LogP contribution in [0.3, 0.4) is 0 Å². The number of aromatic nitrogens is 4. The first-order valence-corrected chi connectivity index (χ1v) is 10.2. The first kappa shape index (κ1) is 19.8. The summed E-state index contributed by atoms with van der Waals surface area (Å²) in [6.07, 6.45) is 1.52. The highest BCUT2D eigenvalue weighted by Crippen LogP contribution is 2.25. The predicted molar refractivity (Wildman–Crippen MR) is 119 cm³/mol. The Labute approximate surface area is 188 Å². The molecule has 0 radical (unpaired) electrons. The van der Waals surface area contributed by atoms with Crippen molar-refractivity contribution < 1.29 is 13.6 Å². The van der Waals surface area contributed by atoms with E-state index in [1.165, 1.54) is 23.1 Å². The monoisotopic (exact) mass is 491 g/mol. The molecular formula is C22H14BrN5O4. The van der Waals surface area contributed by atoms with Gasteiger partial charge in [0.1, 0.15) is 11.5 Å². The first-order valence-electron chi connectivity index (χ1n) is 9.44. The maximum Gasteiger partial charge on any atom is 0.292 e. The van der Waals surface area contributed by atoms with Gasteiger partial charge in [0.15, 0.2) is 16.2 Å². The maximum atomic E-state index is 12.7. The average Bonchev–Trinajstić information content (AvgIpc) is 3.55. The fraction of sp³-hybridized carbons (Fsp3) is 0. The molecule has 0 bridgehead atoms. The van der Waals surface area contributed by atoms with E-state index >= 15 is 0 Å². The van der Waals surface area contributed by atoms with Crippen molar-refractivity contribution in [2.45, 2.75) is 0 Å². The van der Waals surface area contributed by atoms with E-state index in [1.54, 1.807) is 24.3 Å². The number of benzene rings is 1. The van der Waals surface area contributed by atoms with E-state index in [4.69, 9.17) is 8.83 Å². The number of nitrogens with one attached hydrogen (secondary N) is 2. The smallest absolute Gasteiger partial charge is 0.292 e. The molecule has 5 aromatic rings. The number of carbonyl (C=O) groups excluding carboxylic acids is 1. The van der Waals surface area contributed by atoms with Crippen LogP contribution in [-0.2, 0) is 0 Å². The zero-order valence-electron chi connectivity index (χ0n) is 16.3. The first-order chi connectivity index (χ1) is 15.6. The van der Waals surface area contributed by atoms with Crippen molar-refractivity contribution in [3.63, 3.8) is 0 Å². The summed E-state index contributed by atoms with van der Waals surface area (Å²) in [5.74, 6) is 0.488. The Morgan fingerprint density at radius 2 is 1.88 bits per heavy atom. The Balaban J connectivity index is 1.61. The molecule has 0 saturated heterocycles. The number of hydrogen-bond acceptors (Lipinski definition) is 6. The van der Waals surface area contributed by atoms with Gasteiger partial charge in [-0.2, -0.15) is 9.78 Å². The molecule has 9 nitrogen and oxygen atoms in total. The SMILES string of the molecule is O=C(Nc1cc(-c2ccco2)nn1-c1nc(-c2ccccc2)cc(=O)[nH]1)c1ccc(Br)o1. The highest BCUT2D eigenvalue weighted by atomic mass is 79.9. The molecule has 0 spiro atoms. The fourth-order valence-electron chi connectivity index (χ4n) is 3.09. The zero-order valence-corrected chi connectivity index (χ0v) is 17.9. The van der Waals surface area contributed by atoms with Crippen molar-refractivity contribution in [2.75, 3.05) is 5.32 Å². The van der Waals surface area contributed by atoms with Crippen molar-refractivity contribution in [1.29, 1.82) is 0 Å². The summed E-state index contributed by atoms with van der Waals surface area (Å²) in [4.78, 5) is 32.3. The largest absolute Gasteiger partial charge is 0.463 e. The lowest BCUT2D eigenvalue weighted by molar-refractivity contribution is 0.0994. The van der Waals surface area contributed by atoms with Crippen LogP contribution in [0.2, 0.25) is 0 Å². The molecule has 0 saturated carbocycles. The second-order valence-corrected chi connectivity index (χ2v) is 7.46. The molecule has 0 atom stereocenters. The Bertz CT molecular complexity index is 1450. The second kappa shape index (κ2) is 8.16. The molecule has 0 aliphatic heterocycles. The molecule has 0 unspecified atom stereocenters. The summed E-state index contributed by atoms with van der Waals surface area (Å²) < 4.78 is 12.5. The van der Waals surface area contributed by atoms with Gasteiger partial charge in [0.2, 0.25) is 5.95 Å². The van der Waals surface area contributed by atoms with Gasteiger partial charge in [-0.3, -0.25) is 14.6 Å². The van der Waals surface area contributed by atoms with Crippen molar-refractivity contribution in [2.24, 2.45) is 0 Å². The van der Waals surface area contributed by atoms with Gasteiger partial charge in [-0.1, -0.05) is 30.3 Å². The van der Waals surface area contributed by atoms with Crippen LogP contribution in [0, 0.1) is 0 Å². The Kier molecular flexibility index (Phi) is 5.04. The minimum atomic E-state index is -0.496. The van der Waals surface area contributed by atoms with Gasteiger partial charge in [-0.15, -0.1) is 0 Å². The highest BCUT2D eigenvalue weighted by molar-refractivity contribution is 9.10. The van der Waals surface area contributed by atoms with E-state index < -0.39 is 5.91 Å². The lowest BCUT2D eigenvalue weighted by atomic mass is 10.1. The van der Waals surface area contributed by atoms with Gasteiger partial charge in [0.25, 0.3) is 11.5 Å². The third-order valence-corrected chi connectivity index (χ3v) is 4.95. The fourth-order valence-corrected chi connectivity index (χ4v) is 3.40. The molecular weight excluding hydrogens is 478 g/mol. The number of nitrogens with zero attached hydrogens (tertiary/aromatic N) is 3. The van der Waals surface area contributed by atoms with Crippen molar-refractivity contribution >= 4 is 27.7 Å². The number of rotatable bonds is 5. The van der Waals surface area contributed by atoms with Gasteiger partial charge in [0, 0.05) is 17.7 Å². The van der Waals surface area contributed by atoms with E-state index in [0.29, 0.717) is 21.8 Å². The summed E-state index contributed by atoms with van der Waals surface area (Å²) in [7, 11) is 0. The third-order valence-electron chi connectivity index (χ3n) is 4.52. The van der Waals surface area contributed by atoms with Crippen LogP contribution < -0.4 is 10.9 Å². The number of H-pyrrole nitrogens is 1. The normalized spacial score (nSPS) is 10.9. The summed E-state index contributed by atoms with van der Waals surface area (Å²) in [5, 5.41) is 7.23. The van der Waals surface area contributed by atoms with Gasteiger partial charge in [-0.25, -0.2) is 4.98 Å². The molecule has 158 valence electrons. The summed E-state index contributed by atoms with van der Waals surface area (Å²) in [5.41, 5.74) is 1.31. The molecule has 5 rings (SSSR count).